The molecule has 0 aliphatic carbocycles. The highest BCUT2D eigenvalue weighted by atomic mass is 19.1. The van der Waals surface area contributed by atoms with Gasteiger partial charge in [0.15, 0.2) is 6.61 Å². The summed E-state index contributed by atoms with van der Waals surface area (Å²) in [5, 5.41) is 14.4. The van der Waals surface area contributed by atoms with Gasteiger partial charge in [-0.2, -0.15) is 5.10 Å². The normalized spacial score (nSPS) is 10.5. The average molecular weight is 437 g/mol. The predicted octanol–water partition coefficient (Wildman–Crippen LogP) is 3.48. The second-order valence-corrected chi connectivity index (χ2v) is 6.27. The van der Waals surface area contributed by atoms with Crippen molar-refractivity contribution in [2.75, 3.05) is 6.61 Å². The Kier molecular flexibility index (Phi) is 7.20. The van der Waals surface area contributed by atoms with E-state index in [0.717, 1.165) is 0 Å². The van der Waals surface area contributed by atoms with Crippen molar-refractivity contribution in [3.63, 3.8) is 0 Å². The van der Waals surface area contributed by atoms with Gasteiger partial charge in [-0.25, -0.2) is 14.6 Å². The first-order valence-corrected chi connectivity index (χ1v) is 9.18. The van der Waals surface area contributed by atoms with Crippen molar-refractivity contribution in [3.05, 3.63) is 99.9 Å². The fraction of sp³-hybridized carbons (Fsp3) is 0.0455. The summed E-state index contributed by atoms with van der Waals surface area (Å²) in [5.41, 5.74) is 2.63. The quantitative estimate of drug-likeness (QED) is 0.189. The summed E-state index contributed by atoms with van der Waals surface area (Å²) in [7, 11) is 0. The molecular weight excluding hydrogens is 421 g/mol. The van der Waals surface area contributed by atoms with Gasteiger partial charge in [-0.1, -0.05) is 12.1 Å². The third-order valence-corrected chi connectivity index (χ3v) is 4.00. The van der Waals surface area contributed by atoms with E-state index in [2.05, 4.69) is 10.5 Å². The minimum atomic E-state index is -0.815. The first kappa shape index (κ1) is 22.1. The van der Waals surface area contributed by atoms with Crippen LogP contribution in [0.5, 0.6) is 11.5 Å². The van der Waals surface area contributed by atoms with Crippen molar-refractivity contribution in [1.82, 2.24) is 5.43 Å². The number of rotatable bonds is 8. The molecule has 3 aromatic carbocycles. The Balaban J connectivity index is 1.46. The van der Waals surface area contributed by atoms with E-state index in [1.54, 1.807) is 12.1 Å². The molecule has 0 atom stereocenters. The smallest absolute Gasteiger partial charge is 0.346 e. The van der Waals surface area contributed by atoms with Crippen LogP contribution in [0.3, 0.4) is 0 Å². The number of hydrogen-bond acceptors (Lipinski definition) is 7. The first-order valence-electron chi connectivity index (χ1n) is 9.18. The van der Waals surface area contributed by atoms with Crippen LogP contribution in [0, 0.1) is 15.9 Å². The molecule has 0 saturated heterocycles. The monoisotopic (exact) mass is 437 g/mol. The molecule has 0 fully saturated rings. The summed E-state index contributed by atoms with van der Waals surface area (Å²) in [6, 6.07) is 17.0. The van der Waals surface area contributed by atoms with Crippen LogP contribution in [0.2, 0.25) is 0 Å². The zero-order valence-corrected chi connectivity index (χ0v) is 16.4. The number of nitrogens with one attached hydrogen (secondary N) is 1. The Morgan fingerprint density at radius 1 is 1.00 bits per heavy atom. The van der Waals surface area contributed by atoms with E-state index >= 15 is 0 Å². The molecule has 162 valence electrons. The Labute approximate surface area is 181 Å². The van der Waals surface area contributed by atoms with Gasteiger partial charge in [-0.3, -0.25) is 14.9 Å². The molecule has 3 rings (SSSR count). The van der Waals surface area contributed by atoms with Gasteiger partial charge in [0.25, 0.3) is 11.6 Å². The molecule has 1 N–H and O–H groups in total. The van der Waals surface area contributed by atoms with Crippen molar-refractivity contribution in [3.8, 4) is 11.5 Å². The standard InChI is InChI=1S/C22H16FN3O6/c23-20-4-2-1-3-19(20)22(28)32-18-9-5-15(6-10-18)13-24-25-21(27)14-31-17-11-7-16(8-12-17)26(29)30/h1-13H,14H2,(H,25,27)/b24-13-. The maximum absolute atomic E-state index is 13.6. The number of esters is 1. The zero-order chi connectivity index (χ0) is 22.9. The summed E-state index contributed by atoms with van der Waals surface area (Å²) < 4.78 is 24.0. The molecule has 0 heterocycles. The minimum absolute atomic E-state index is 0.0839. The lowest BCUT2D eigenvalue weighted by atomic mass is 10.2. The molecule has 0 radical (unpaired) electrons. The van der Waals surface area contributed by atoms with Gasteiger partial charge in [0, 0.05) is 12.1 Å². The van der Waals surface area contributed by atoms with Crippen LogP contribution >= 0.6 is 0 Å². The third kappa shape index (κ3) is 6.20. The number of carbonyl (C=O) groups excluding carboxylic acids is 2. The second-order valence-electron chi connectivity index (χ2n) is 6.27. The number of carbonyl (C=O) groups is 2. The van der Waals surface area contributed by atoms with Crippen LogP contribution in [-0.4, -0.2) is 29.6 Å². The second kappa shape index (κ2) is 10.4. The van der Waals surface area contributed by atoms with Gasteiger partial charge in [0.05, 0.1) is 16.7 Å². The summed E-state index contributed by atoms with van der Waals surface area (Å²) in [6.45, 7) is -0.333. The van der Waals surface area contributed by atoms with Crippen molar-refractivity contribution < 1.29 is 28.4 Å². The third-order valence-electron chi connectivity index (χ3n) is 4.00. The van der Waals surface area contributed by atoms with Crippen LogP contribution in [0.15, 0.2) is 77.9 Å². The highest BCUT2D eigenvalue weighted by molar-refractivity contribution is 5.91. The number of nitro benzene ring substituents is 1. The van der Waals surface area contributed by atoms with Crippen LogP contribution in [0.25, 0.3) is 0 Å². The van der Waals surface area contributed by atoms with E-state index in [0.29, 0.717) is 11.3 Å². The Hall–Kier alpha value is -4.60. The molecule has 3 aromatic rings. The number of nitrogens with zero attached hydrogens (tertiary/aromatic N) is 2. The Morgan fingerprint density at radius 3 is 2.31 bits per heavy atom. The van der Waals surface area contributed by atoms with Gasteiger partial charge in [-0.05, 0) is 54.1 Å². The number of nitro groups is 1. The molecule has 0 aliphatic heterocycles. The highest BCUT2D eigenvalue weighted by Crippen LogP contribution is 2.17. The molecule has 0 unspecified atom stereocenters. The maximum atomic E-state index is 13.6. The zero-order valence-electron chi connectivity index (χ0n) is 16.4. The number of halogens is 1. The van der Waals surface area contributed by atoms with Crippen LogP contribution in [0.4, 0.5) is 10.1 Å². The molecule has 0 bridgehead atoms. The Morgan fingerprint density at radius 2 is 1.66 bits per heavy atom. The van der Waals surface area contributed by atoms with Gasteiger partial charge in [0.1, 0.15) is 17.3 Å². The fourth-order valence-electron chi connectivity index (χ4n) is 2.43. The average Bonchev–Trinajstić information content (AvgIpc) is 2.79. The SMILES string of the molecule is O=C(COc1ccc([N+](=O)[O-])cc1)N/N=C\c1ccc(OC(=O)c2ccccc2F)cc1. The number of hydrazone groups is 1. The van der Waals surface area contributed by atoms with Crippen molar-refractivity contribution >= 4 is 23.8 Å². The highest BCUT2D eigenvalue weighted by Gasteiger charge is 2.13. The molecule has 9 nitrogen and oxygen atoms in total. The van der Waals surface area contributed by atoms with Crippen molar-refractivity contribution in [2.45, 2.75) is 0 Å². The van der Waals surface area contributed by atoms with E-state index in [1.165, 1.54) is 66.9 Å². The van der Waals surface area contributed by atoms with Crippen molar-refractivity contribution in [1.29, 1.82) is 0 Å². The molecular formula is C22H16FN3O6. The van der Waals surface area contributed by atoms with Gasteiger partial charge >= 0.3 is 5.97 Å². The van der Waals surface area contributed by atoms with Crippen LogP contribution < -0.4 is 14.9 Å². The topological polar surface area (TPSA) is 120 Å². The van der Waals surface area contributed by atoms with Gasteiger partial charge in [0.2, 0.25) is 0 Å². The van der Waals surface area contributed by atoms with Gasteiger partial charge in [-0.15, -0.1) is 0 Å². The molecule has 0 spiro atoms. The van der Waals surface area contributed by atoms with E-state index < -0.39 is 22.6 Å². The molecule has 0 aromatic heterocycles. The number of ether oxygens (including phenoxy) is 2. The number of hydrogen-bond donors (Lipinski definition) is 1. The summed E-state index contributed by atoms with van der Waals surface area (Å²) in [6.07, 6.45) is 1.37. The van der Waals surface area contributed by atoms with Gasteiger partial charge < -0.3 is 9.47 Å². The summed E-state index contributed by atoms with van der Waals surface area (Å²) in [4.78, 5) is 33.8. The van der Waals surface area contributed by atoms with Crippen LogP contribution in [0.1, 0.15) is 15.9 Å². The lowest BCUT2D eigenvalue weighted by Gasteiger charge is -2.05. The molecule has 0 saturated carbocycles. The van der Waals surface area contributed by atoms with E-state index in [4.69, 9.17) is 9.47 Å². The molecule has 1 amide bonds. The maximum Gasteiger partial charge on any atom is 0.346 e. The first-order chi connectivity index (χ1) is 15.4. The fourth-order valence-corrected chi connectivity index (χ4v) is 2.43. The van der Waals surface area contributed by atoms with Crippen molar-refractivity contribution in [2.24, 2.45) is 5.10 Å². The number of amides is 1. The minimum Gasteiger partial charge on any atom is -0.484 e. The summed E-state index contributed by atoms with van der Waals surface area (Å²) >= 11 is 0. The van der Waals surface area contributed by atoms with E-state index in [1.807, 2.05) is 0 Å². The number of non-ortho nitro benzene ring substituents is 1. The largest absolute Gasteiger partial charge is 0.484 e. The molecule has 0 aliphatic rings. The summed E-state index contributed by atoms with van der Waals surface area (Å²) in [5.74, 6) is -1.50. The predicted molar refractivity (Wildman–Crippen MR) is 112 cm³/mol. The number of benzene rings is 3. The van der Waals surface area contributed by atoms with Crippen LogP contribution in [-0.2, 0) is 4.79 Å². The molecule has 32 heavy (non-hydrogen) atoms. The molecule has 10 heteroatoms. The Bertz CT molecular complexity index is 1150. The van der Waals surface area contributed by atoms with E-state index in [-0.39, 0.29) is 23.6 Å². The lowest BCUT2D eigenvalue weighted by molar-refractivity contribution is -0.384. The lowest BCUT2D eigenvalue weighted by Crippen LogP contribution is -2.24. The van der Waals surface area contributed by atoms with E-state index in [9.17, 15) is 24.1 Å².